The first-order chi connectivity index (χ1) is 7.51. The molecule has 1 atom stereocenters. The molecular weight excluding hydrogens is 218 g/mol. The van der Waals surface area contributed by atoms with Gasteiger partial charge in [0.25, 0.3) is 0 Å². The number of rotatable bonds is 3. The average molecular weight is 242 g/mol. The highest BCUT2D eigenvalue weighted by molar-refractivity contribution is 6.30. The molecule has 0 radical (unpaired) electrons. The van der Waals surface area contributed by atoms with Crippen molar-refractivity contribution in [2.45, 2.75) is 40.0 Å². The molecule has 0 heterocycles. The quantitative estimate of drug-likeness (QED) is 0.831. The summed E-state index contributed by atoms with van der Waals surface area (Å²) in [5, 5.41) is 0.783. The van der Waals surface area contributed by atoms with Gasteiger partial charge in [-0.1, -0.05) is 51.4 Å². The molecule has 0 aliphatic rings. The molecule has 0 spiro atoms. The van der Waals surface area contributed by atoms with Crippen LogP contribution in [0.25, 0.3) is 0 Å². The molecular formula is C14H24ClN. The monoisotopic (exact) mass is 241 g/mol. The van der Waals surface area contributed by atoms with Crippen LogP contribution in [0.3, 0.4) is 0 Å². The molecule has 0 saturated heterocycles. The summed E-state index contributed by atoms with van der Waals surface area (Å²) in [6.45, 7) is 9.35. The molecule has 16 heavy (non-hydrogen) atoms. The first-order valence-electron chi connectivity index (χ1n) is 5.96. The van der Waals surface area contributed by atoms with E-state index in [1.807, 2.05) is 24.3 Å². The standard InChI is InChI=1S/C10H14ClN.C4H10/c1-2-8(7-12)9-3-5-10(11)6-4-9;1-4(2)3/h3-6,8H,2,7,12H2,1H3;4H,1-3H3/t8-;/m0./s1. The van der Waals surface area contributed by atoms with Crippen molar-refractivity contribution < 1.29 is 0 Å². The predicted octanol–water partition coefficient (Wildman–Crippen LogP) is 4.45. The fourth-order valence-electron chi connectivity index (χ4n) is 1.27. The van der Waals surface area contributed by atoms with Gasteiger partial charge in [0.2, 0.25) is 0 Å². The summed E-state index contributed by atoms with van der Waals surface area (Å²) in [7, 11) is 0. The summed E-state index contributed by atoms with van der Waals surface area (Å²) >= 11 is 5.77. The number of halogens is 1. The molecule has 0 aliphatic carbocycles. The molecule has 1 aromatic carbocycles. The van der Waals surface area contributed by atoms with Crippen LogP contribution in [0.2, 0.25) is 5.02 Å². The van der Waals surface area contributed by atoms with Crippen LogP contribution in [0.1, 0.15) is 45.6 Å². The van der Waals surface area contributed by atoms with E-state index in [1.165, 1.54) is 5.56 Å². The Morgan fingerprint density at radius 3 is 1.88 bits per heavy atom. The summed E-state index contributed by atoms with van der Waals surface area (Å²) in [6.07, 6.45) is 1.08. The minimum Gasteiger partial charge on any atom is -0.330 e. The molecule has 1 rings (SSSR count). The van der Waals surface area contributed by atoms with E-state index in [4.69, 9.17) is 17.3 Å². The first kappa shape index (κ1) is 15.5. The largest absolute Gasteiger partial charge is 0.330 e. The van der Waals surface area contributed by atoms with E-state index in [0.29, 0.717) is 12.5 Å². The van der Waals surface area contributed by atoms with Crippen molar-refractivity contribution >= 4 is 11.6 Å². The second-order valence-corrected chi connectivity index (χ2v) is 5.06. The van der Waals surface area contributed by atoms with E-state index in [1.54, 1.807) is 0 Å². The van der Waals surface area contributed by atoms with Gasteiger partial charge in [0.1, 0.15) is 0 Å². The molecule has 0 aliphatic heterocycles. The van der Waals surface area contributed by atoms with E-state index >= 15 is 0 Å². The van der Waals surface area contributed by atoms with Gasteiger partial charge in [-0.25, -0.2) is 0 Å². The Bertz CT molecular complexity index is 260. The molecule has 1 aromatic rings. The lowest BCUT2D eigenvalue weighted by molar-refractivity contribution is 0.674. The maximum atomic E-state index is 5.77. The minimum atomic E-state index is 0.474. The van der Waals surface area contributed by atoms with Crippen LogP contribution < -0.4 is 5.73 Å². The number of benzene rings is 1. The molecule has 0 bridgehead atoms. The molecule has 92 valence electrons. The summed E-state index contributed by atoms with van der Waals surface area (Å²) in [5.41, 5.74) is 6.90. The summed E-state index contributed by atoms with van der Waals surface area (Å²) in [4.78, 5) is 0. The molecule has 0 amide bonds. The van der Waals surface area contributed by atoms with Crippen molar-refractivity contribution in [1.29, 1.82) is 0 Å². The van der Waals surface area contributed by atoms with Gasteiger partial charge in [-0.15, -0.1) is 0 Å². The molecule has 0 aromatic heterocycles. The van der Waals surface area contributed by atoms with Crippen molar-refractivity contribution in [2.75, 3.05) is 6.54 Å². The Hall–Kier alpha value is -0.530. The Kier molecular flexibility index (Phi) is 8.32. The van der Waals surface area contributed by atoms with Crippen molar-refractivity contribution in [2.24, 2.45) is 11.7 Å². The fourth-order valence-corrected chi connectivity index (χ4v) is 1.40. The lowest BCUT2D eigenvalue weighted by Gasteiger charge is -2.11. The van der Waals surface area contributed by atoms with E-state index in [0.717, 1.165) is 17.4 Å². The lowest BCUT2D eigenvalue weighted by Crippen LogP contribution is -2.11. The topological polar surface area (TPSA) is 26.0 Å². The lowest BCUT2D eigenvalue weighted by atomic mass is 9.97. The van der Waals surface area contributed by atoms with E-state index < -0.39 is 0 Å². The highest BCUT2D eigenvalue weighted by atomic mass is 35.5. The van der Waals surface area contributed by atoms with Gasteiger partial charge in [-0.05, 0) is 42.5 Å². The highest BCUT2D eigenvalue weighted by Gasteiger charge is 2.05. The molecule has 0 saturated carbocycles. The third-order valence-corrected chi connectivity index (χ3v) is 2.37. The third kappa shape index (κ3) is 6.86. The van der Waals surface area contributed by atoms with Gasteiger partial charge >= 0.3 is 0 Å². The maximum absolute atomic E-state index is 5.77. The zero-order chi connectivity index (χ0) is 12.6. The fraction of sp³-hybridized carbons (Fsp3) is 0.571. The van der Waals surface area contributed by atoms with E-state index in [-0.39, 0.29) is 0 Å². The van der Waals surface area contributed by atoms with Crippen LogP contribution >= 0.6 is 11.6 Å². The molecule has 2 heteroatoms. The van der Waals surface area contributed by atoms with Gasteiger partial charge in [0.05, 0.1) is 0 Å². The zero-order valence-electron chi connectivity index (χ0n) is 10.8. The van der Waals surface area contributed by atoms with Crippen molar-refractivity contribution in [3.63, 3.8) is 0 Å². The van der Waals surface area contributed by atoms with Crippen LogP contribution in [0.5, 0.6) is 0 Å². The predicted molar refractivity (Wildman–Crippen MR) is 74.1 cm³/mol. The van der Waals surface area contributed by atoms with Gasteiger partial charge < -0.3 is 5.73 Å². The van der Waals surface area contributed by atoms with E-state index in [2.05, 4.69) is 27.7 Å². The van der Waals surface area contributed by atoms with Gasteiger partial charge in [-0.3, -0.25) is 0 Å². The Labute approximate surface area is 105 Å². The van der Waals surface area contributed by atoms with Crippen molar-refractivity contribution in [3.8, 4) is 0 Å². The van der Waals surface area contributed by atoms with Crippen LogP contribution in [-0.4, -0.2) is 6.54 Å². The molecule has 0 unspecified atom stereocenters. The van der Waals surface area contributed by atoms with Crippen LogP contribution in [0.4, 0.5) is 0 Å². The van der Waals surface area contributed by atoms with Crippen LogP contribution in [0.15, 0.2) is 24.3 Å². The minimum absolute atomic E-state index is 0.474. The van der Waals surface area contributed by atoms with Gasteiger partial charge in [0.15, 0.2) is 0 Å². The van der Waals surface area contributed by atoms with Gasteiger partial charge in [0, 0.05) is 5.02 Å². The summed E-state index contributed by atoms with van der Waals surface area (Å²) < 4.78 is 0. The summed E-state index contributed by atoms with van der Waals surface area (Å²) in [5.74, 6) is 1.31. The van der Waals surface area contributed by atoms with Crippen molar-refractivity contribution in [3.05, 3.63) is 34.9 Å². The smallest absolute Gasteiger partial charge is 0.0406 e. The number of nitrogens with two attached hydrogens (primary N) is 1. The first-order valence-corrected chi connectivity index (χ1v) is 6.34. The normalized spacial score (nSPS) is 11.9. The molecule has 0 fully saturated rings. The van der Waals surface area contributed by atoms with Crippen LogP contribution in [-0.2, 0) is 0 Å². The highest BCUT2D eigenvalue weighted by Crippen LogP contribution is 2.19. The third-order valence-electron chi connectivity index (χ3n) is 2.12. The molecule has 2 N–H and O–H groups in total. The Morgan fingerprint density at radius 1 is 1.12 bits per heavy atom. The second-order valence-electron chi connectivity index (χ2n) is 4.62. The van der Waals surface area contributed by atoms with Crippen molar-refractivity contribution in [1.82, 2.24) is 0 Å². The summed E-state index contributed by atoms with van der Waals surface area (Å²) in [6, 6.07) is 7.91. The number of hydrogen-bond acceptors (Lipinski definition) is 1. The second kappa shape index (κ2) is 8.60. The zero-order valence-corrected chi connectivity index (χ0v) is 11.6. The SMILES string of the molecule is CC(C)C.CC[C@@H](CN)c1ccc(Cl)cc1. The van der Waals surface area contributed by atoms with E-state index in [9.17, 15) is 0 Å². The average Bonchev–Trinajstić information content (AvgIpc) is 2.22. The maximum Gasteiger partial charge on any atom is 0.0406 e. The number of hydrogen-bond donors (Lipinski definition) is 1. The Morgan fingerprint density at radius 2 is 1.56 bits per heavy atom. The van der Waals surface area contributed by atoms with Gasteiger partial charge in [-0.2, -0.15) is 0 Å². The Balaban J connectivity index is 0.000000487. The van der Waals surface area contributed by atoms with Crippen LogP contribution in [0, 0.1) is 5.92 Å². The molecule has 1 nitrogen and oxygen atoms in total.